The fourth-order valence-corrected chi connectivity index (χ4v) is 1.63. The van der Waals surface area contributed by atoms with Gasteiger partial charge in [0, 0.05) is 25.2 Å². The number of aryl methyl sites for hydroxylation is 1. The molecule has 1 amide bonds. The number of amides is 1. The summed E-state index contributed by atoms with van der Waals surface area (Å²) in [4.78, 5) is 15.8. The van der Waals surface area contributed by atoms with Crippen molar-refractivity contribution in [2.24, 2.45) is 7.05 Å². The zero-order valence-electron chi connectivity index (χ0n) is 11.4. The van der Waals surface area contributed by atoms with Crippen molar-refractivity contribution < 1.29 is 14.3 Å². The minimum absolute atomic E-state index is 0.0340. The molecule has 0 unspecified atom stereocenters. The molecule has 0 spiro atoms. The van der Waals surface area contributed by atoms with Gasteiger partial charge in [-0.1, -0.05) is 11.8 Å². The maximum atomic E-state index is 13.9. The Hall–Kier alpha value is -2.65. The van der Waals surface area contributed by atoms with Crippen molar-refractivity contribution in [2.75, 3.05) is 11.9 Å². The maximum absolute atomic E-state index is 13.9. The van der Waals surface area contributed by atoms with Gasteiger partial charge >= 0.3 is 0 Å². The first-order valence-electron chi connectivity index (χ1n) is 6.29. The van der Waals surface area contributed by atoms with Gasteiger partial charge in [-0.25, -0.2) is 9.37 Å². The van der Waals surface area contributed by atoms with E-state index in [1.54, 1.807) is 23.9 Å². The first-order chi connectivity index (χ1) is 10.1. The zero-order valence-corrected chi connectivity index (χ0v) is 11.4. The van der Waals surface area contributed by atoms with Crippen LogP contribution in [0.1, 0.15) is 22.5 Å². The molecule has 6 heteroatoms. The third-order valence-corrected chi connectivity index (χ3v) is 2.62. The van der Waals surface area contributed by atoms with Gasteiger partial charge in [-0.2, -0.15) is 0 Å². The van der Waals surface area contributed by atoms with Gasteiger partial charge in [0.05, 0.1) is 18.6 Å². The van der Waals surface area contributed by atoms with Crippen LogP contribution in [0.15, 0.2) is 30.7 Å². The molecule has 0 atom stereocenters. The number of hydrogen-bond acceptors (Lipinski definition) is 3. The van der Waals surface area contributed by atoms with Crippen LogP contribution in [0, 0.1) is 17.7 Å². The lowest BCUT2D eigenvalue weighted by Crippen LogP contribution is -2.13. The quantitative estimate of drug-likeness (QED) is 0.842. The molecule has 0 aliphatic rings. The van der Waals surface area contributed by atoms with E-state index in [-0.39, 0.29) is 18.0 Å². The van der Waals surface area contributed by atoms with Gasteiger partial charge in [-0.05, 0) is 18.2 Å². The van der Waals surface area contributed by atoms with Gasteiger partial charge in [0.25, 0.3) is 5.91 Å². The van der Waals surface area contributed by atoms with E-state index in [2.05, 4.69) is 22.1 Å². The molecule has 0 bridgehead atoms. The zero-order chi connectivity index (χ0) is 15.2. The molecule has 108 valence electrons. The van der Waals surface area contributed by atoms with E-state index in [9.17, 15) is 9.18 Å². The number of imidazole rings is 1. The normalized spacial score (nSPS) is 9.86. The summed E-state index contributed by atoms with van der Waals surface area (Å²) in [6.45, 7) is -0.0340. The highest BCUT2D eigenvalue weighted by Gasteiger charge is 2.11. The number of benzene rings is 1. The van der Waals surface area contributed by atoms with E-state index < -0.39 is 11.7 Å². The third-order valence-electron chi connectivity index (χ3n) is 2.62. The summed E-state index contributed by atoms with van der Waals surface area (Å²) < 4.78 is 15.5. The molecule has 0 aliphatic carbocycles. The summed E-state index contributed by atoms with van der Waals surface area (Å²) in [6, 6.07) is 4.28. The van der Waals surface area contributed by atoms with Crippen LogP contribution >= 0.6 is 0 Å². The highest BCUT2D eigenvalue weighted by Crippen LogP contribution is 2.16. The van der Waals surface area contributed by atoms with E-state index in [4.69, 9.17) is 5.11 Å². The van der Waals surface area contributed by atoms with E-state index in [0.29, 0.717) is 12.0 Å². The van der Waals surface area contributed by atoms with Crippen LogP contribution < -0.4 is 5.32 Å². The highest BCUT2D eigenvalue weighted by atomic mass is 19.1. The molecular weight excluding hydrogens is 273 g/mol. The van der Waals surface area contributed by atoms with Gasteiger partial charge < -0.3 is 15.0 Å². The van der Waals surface area contributed by atoms with Crippen LogP contribution in [-0.4, -0.2) is 27.2 Å². The number of aliphatic hydroxyl groups excluding tert-OH is 1. The number of hydrogen-bond donors (Lipinski definition) is 2. The van der Waals surface area contributed by atoms with Gasteiger partial charge in [-0.15, -0.1) is 0 Å². The smallest absolute Gasteiger partial charge is 0.275 e. The number of anilines is 1. The molecule has 1 aromatic heterocycles. The van der Waals surface area contributed by atoms with Crippen molar-refractivity contribution in [1.29, 1.82) is 0 Å². The average molecular weight is 287 g/mol. The predicted octanol–water partition coefficient (Wildman–Crippen LogP) is 1.55. The van der Waals surface area contributed by atoms with E-state index in [1.807, 2.05) is 0 Å². The summed E-state index contributed by atoms with van der Waals surface area (Å²) >= 11 is 0. The van der Waals surface area contributed by atoms with Crippen LogP contribution in [-0.2, 0) is 7.05 Å². The van der Waals surface area contributed by atoms with Gasteiger partial charge in [0.2, 0.25) is 0 Å². The molecule has 1 aromatic carbocycles. The summed E-state index contributed by atoms with van der Waals surface area (Å²) in [5, 5.41) is 11.1. The second-order valence-electron chi connectivity index (χ2n) is 4.35. The molecular formula is C15H14FN3O2. The number of halogens is 1. The minimum atomic E-state index is -0.574. The molecule has 21 heavy (non-hydrogen) atoms. The Labute approximate surface area is 121 Å². The number of carbonyl (C=O) groups excluding carboxylic acids is 1. The third kappa shape index (κ3) is 3.91. The Balaban J connectivity index is 2.11. The number of aliphatic hydroxyl groups is 1. The predicted molar refractivity (Wildman–Crippen MR) is 76.1 cm³/mol. The number of aromatic nitrogens is 2. The van der Waals surface area contributed by atoms with Crippen molar-refractivity contribution in [1.82, 2.24) is 9.55 Å². The molecule has 2 rings (SSSR count). The standard InChI is InChI=1S/C15H14FN3O2/c1-19-9-14(17-10-19)15(21)18-13-6-5-11(8-12(13)16)4-2-3-7-20/h5-6,8-10,20H,3,7H2,1H3,(H,18,21). The summed E-state index contributed by atoms with van der Waals surface area (Å²) in [7, 11) is 1.74. The summed E-state index contributed by atoms with van der Waals surface area (Å²) in [5.41, 5.74) is 0.763. The van der Waals surface area contributed by atoms with Crippen LogP contribution in [0.4, 0.5) is 10.1 Å². The monoisotopic (exact) mass is 287 g/mol. The molecule has 0 fully saturated rings. The Morgan fingerprint density at radius 3 is 2.95 bits per heavy atom. The van der Waals surface area contributed by atoms with E-state index >= 15 is 0 Å². The lowest BCUT2D eigenvalue weighted by Gasteiger charge is -2.05. The number of carbonyl (C=O) groups is 1. The largest absolute Gasteiger partial charge is 0.395 e. The lowest BCUT2D eigenvalue weighted by molar-refractivity contribution is 0.102. The summed E-state index contributed by atoms with van der Waals surface area (Å²) in [6.07, 6.45) is 3.37. The fourth-order valence-electron chi connectivity index (χ4n) is 1.63. The number of rotatable bonds is 3. The Morgan fingerprint density at radius 1 is 1.52 bits per heavy atom. The first kappa shape index (κ1) is 14.8. The van der Waals surface area contributed by atoms with Gasteiger partial charge in [0.15, 0.2) is 0 Å². The first-order valence-corrected chi connectivity index (χ1v) is 6.29. The molecule has 0 saturated carbocycles. The molecule has 1 heterocycles. The van der Waals surface area contributed by atoms with Crippen molar-refractivity contribution in [3.05, 3.63) is 47.8 Å². The maximum Gasteiger partial charge on any atom is 0.275 e. The van der Waals surface area contributed by atoms with Crippen molar-refractivity contribution >= 4 is 11.6 Å². The van der Waals surface area contributed by atoms with Crippen molar-refractivity contribution in [2.45, 2.75) is 6.42 Å². The van der Waals surface area contributed by atoms with Crippen LogP contribution in [0.5, 0.6) is 0 Å². The fraction of sp³-hybridized carbons (Fsp3) is 0.200. The second-order valence-corrected chi connectivity index (χ2v) is 4.35. The minimum Gasteiger partial charge on any atom is -0.395 e. The molecule has 0 radical (unpaired) electrons. The Bertz CT molecular complexity index is 713. The van der Waals surface area contributed by atoms with Crippen molar-refractivity contribution in [3.63, 3.8) is 0 Å². The number of nitrogens with one attached hydrogen (secondary N) is 1. The van der Waals surface area contributed by atoms with Crippen LogP contribution in [0.2, 0.25) is 0 Å². The van der Waals surface area contributed by atoms with Gasteiger partial charge in [0.1, 0.15) is 11.5 Å². The lowest BCUT2D eigenvalue weighted by atomic mass is 10.2. The van der Waals surface area contributed by atoms with Crippen LogP contribution in [0.3, 0.4) is 0 Å². The molecule has 0 saturated heterocycles. The van der Waals surface area contributed by atoms with E-state index in [0.717, 1.165) is 0 Å². The molecule has 2 aromatic rings. The Kier molecular flexibility index (Phi) is 4.69. The second kappa shape index (κ2) is 6.68. The SMILES string of the molecule is Cn1cnc(C(=O)Nc2ccc(C#CCCO)cc2F)c1. The molecule has 0 aliphatic heterocycles. The molecule has 2 N–H and O–H groups in total. The van der Waals surface area contributed by atoms with E-state index in [1.165, 1.54) is 18.5 Å². The Morgan fingerprint density at radius 2 is 2.33 bits per heavy atom. The molecule has 5 nitrogen and oxygen atoms in total. The summed E-state index contributed by atoms with van der Waals surface area (Å²) in [5.74, 6) is 4.37. The topological polar surface area (TPSA) is 67.2 Å². The highest BCUT2D eigenvalue weighted by molar-refractivity contribution is 6.02. The van der Waals surface area contributed by atoms with Crippen LogP contribution in [0.25, 0.3) is 0 Å². The van der Waals surface area contributed by atoms with Crippen molar-refractivity contribution in [3.8, 4) is 11.8 Å². The average Bonchev–Trinajstić information content (AvgIpc) is 2.89. The number of nitrogens with zero attached hydrogens (tertiary/aromatic N) is 2. The van der Waals surface area contributed by atoms with Gasteiger partial charge in [-0.3, -0.25) is 4.79 Å².